The molecule has 0 radical (unpaired) electrons. The summed E-state index contributed by atoms with van der Waals surface area (Å²) in [5.41, 5.74) is 0.633. The molecular formula is C16H12F3N3. The Morgan fingerprint density at radius 1 is 0.955 bits per heavy atom. The van der Waals surface area contributed by atoms with Crippen LogP contribution < -0.4 is 0 Å². The van der Waals surface area contributed by atoms with Crippen molar-refractivity contribution < 1.29 is 13.2 Å². The van der Waals surface area contributed by atoms with E-state index in [1.165, 1.54) is 12.1 Å². The van der Waals surface area contributed by atoms with Gasteiger partial charge in [-0.2, -0.15) is 18.3 Å². The lowest BCUT2D eigenvalue weighted by atomic mass is 9.97. The molecule has 0 amide bonds. The van der Waals surface area contributed by atoms with Gasteiger partial charge in [-0.05, 0) is 30.2 Å². The van der Waals surface area contributed by atoms with E-state index in [9.17, 15) is 13.2 Å². The van der Waals surface area contributed by atoms with Crippen LogP contribution in [0.5, 0.6) is 0 Å². The molecule has 112 valence electrons. The molecule has 0 saturated heterocycles. The van der Waals surface area contributed by atoms with Crippen LogP contribution in [-0.2, 0) is 6.18 Å². The van der Waals surface area contributed by atoms with Gasteiger partial charge in [0, 0.05) is 5.56 Å². The Bertz CT molecular complexity index is 806. The number of H-pyrrole nitrogens is 1. The molecule has 0 aliphatic heterocycles. The minimum Gasteiger partial charge on any atom is -0.263 e. The standard InChI is InChI=1S/C16H12F3N3/c1-10-20-15(22-21-10)12-6-4-5-11(9-12)13-7-2-3-8-14(13)16(17,18)19/h2-9H,1H3,(H,20,21,22). The second-order valence-electron chi connectivity index (χ2n) is 4.87. The fraction of sp³-hybridized carbons (Fsp3) is 0.125. The lowest BCUT2D eigenvalue weighted by molar-refractivity contribution is -0.137. The normalized spacial score (nSPS) is 11.6. The van der Waals surface area contributed by atoms with Gasteiger partial charge in [0.05, 0.1) is 5.56 Å². The third-order valence-corrected chi connectivity index (χ3v) is 3.26. The number of hydrogen-bond acceptors (Lipinski definition) is 2. The Kier molecular flexibility index (Phi) is 3.44. The molecule has 22 heavy (non-hydrogen) atoms. The maximum absolute atomic E-state index is 13.1. The molecule has 1 aromatic heterocycles. The molecule has 3 rings (SSSR count). The average Bonchev–Trinajstić information content (AvgIpc) is 2.93. The number of nitrogens with one attached hydrogen (secondary N) is 1. The van der Waals surface area contributed by atoms with E-state index in [1.807, 2.05) is 0 Å². The lowest BCUT2D eigenvalue weighted by Crippen LogP contribution is -2.06. The van der Waals surface area contributed by atoms with Crippen LogP contribution in [0.15, 0.2) is 48.5 Å². The Morgan fingerprint density at radius 3 is 2.36 bits per heavy atom. The summed E-state index contributed by atoms with van der Waals surface area (Å²) in [7, 11) is 0. The van der Waals surface area contributed by atoms with Crippen LogP contribution in [-0.4, -0.2) is 15.2 Å². The van der Waals surface area contributed by atoms with Crippen molar-refractivity contribution >= 4 is 0 Å². The van der Waals surface area contributed by atoms with E-state index in [0.29, 0.717) is 22.8 Å². The minimum absolute atomic E-state index is 0.143. The number of benzene rings is 2. The number of aromatic nitrogens is 3. The topological polar surface area (TPSA) is 41.6 Å². The number of alkyl halides is 3. The van der Waals surface area contributed by atoms with Crippen LogP contribution >= 0.6 is 0 Å². The van der Waals surface area contributed by atoms with Gasteiger partial charge in [0.25, 0.3) is 0 Å². The molecule has 2 aromatic carbocycles. The van der Waals surface area contributed by atoms with Crippen molar-refractivity contribution in [3.05, 3.63) is 59.9 Å². The second-order valence-corrected chi connectivity index (χ2v) is 4.87. The summed E-state index contributed by atoms with van der Waals surface area (Å²) in [6.07, 6.45) is -4.40. The van der Waals surface area contributed by atoms with E-state index in [0.717, 1.165) is 6.07 Å². The SMILES string of the molecule is Cc1nc(-c2cccc(-c3ccccc3C(F)(F)F)c2)n[nH]1. The summed E-state index contributed by atoms with van der Waals surface area (Å²) in [4.78, 5) is 4.20. The molecule has 3 nitrogen and oxygen atoms in total. The predicted octanol–water partition coefficient (Wildman–Crippen LogP) is 4.47. The van der Waals surface area contributed by atoms with Crippen molar-refractivity contribution in [2.24, 2.45) is 0 Å². The second kappa shape index (κ2) is 5.29. The number of halogens is 3. The quantitative estimate of drug-likeness (QED) is 0.759. The smallest absolute Gasteiger partial charge is 0.263 e. The molecule has 0 bridgehead atoms. The molecule has 0 unspecified atom stereocenters. The summed E-state index contributed by atoms with van der Waals surface area (Å²) in [5, 5.41) is 6.75. The third kappa shape index (κ3) is 2.72. The van der Waals surface area contributed by atoms with Crippen molar-refractivity contribution in [1.82, 2.24) is 15.2 Å². The number of aryl methyl sites for hydroxylation is 1. The van der Waals surface area contributed by atoms with Gasteiger partial charge in [-0.15, -0.1) is 0 Å². The van der Waals surface area contributed by atoms with Gasteiger partial charge >= 0.3 is 6.18 Å². The molecule has 1 N–H and O–H groups in total. The maximum Gasteiger partial charge on any atom is 0.417 e. The van der Waals surface area contributed by atoms with Crippen LogP contribution in [0.1, 0.15) is 11.4 Å². The fourth-order valence-electron chi connectivity index (χ4n) is 2.28. The molecule has 1 heterocycles. The van der Waals surface area contributed by atoms with Crippen LogP contribution in [0.25, 0.3) is 22.5 Å². The first-order chi connectivity index (χ1) is 10.4. The number of nitrogens with zero attached hydrogens (tertiary/aromatic N) is 2. The van der Waals surface area contributed by atoms with E-state index < -0.39 is 11.7 Å². The lowest BCUT2D eigenvalue weighted by Gasteiger charge is -2.13. The van der Waals surface area contributed by atoms with E-state index in [-0.39, 0.29) is 5.56 Å². The van der Waals surface area contributed by atoms with Gasteiger partial charge in [0.15, 0.2) is 5.82 Å². The van der Waals surface area contributed by atoms with E-state index in [4.69, 9.17) is 0 Å². The average molecular weight is 303 g/mol. The molecular weight excluding hydrogens is 291 g/mol. The maximum atomic E-state index is 13.1. The van der Waals surface area contributed by atoms with E-state index in [1.54, 1.807) is 37.3 Å². The summed E-state index contributed by atoms with van der Waals surface area (Å²) in [6.45, 7) is 1.76. The zero-order valence-corrected chi connectivity index (χ0v) is 11.6. The van der Waals surface area contributed by atoms with Gasteiger partial charge in [-0.1, -0.05) is 36.4 Å². The van der Waals surface area contributed by atoms with Gasteiger partial charge in [-0.25, -0.2) is 4.98 Å². The third-order valence-electron chi connectivity index (χ3n) is 3.26. The Labute approximate surface area is 124 Å². The summed E-state index contributed by atoms with van der Waals surface area (Å²) in [5.74, 6) is 1.11. The van der Waals surface area contributed by atoms with Crippen LogP contribution in [0.2, 0.25) is 0 Å². The van der Waals surface area contributed by atoms with Crippen molar-refractivity contribution in [3.63, 3.8) is 0 Å². The molecule has 0 aliphatic carbocycles. The monoisotopic (exact) mass is 303 g/mol. The zero-order valence-electron chi connectivity index (χ0n) is 11.6. The number of aromatic amines is 1. The Morgan fingerprint density at radius 2 is 1.68 bits per heavy atom. The first-order valence-electron chi connectivity index (χ1n) is 6.61. The number of hydrogen-bond donors (Lipinski definition) is 1. The summed E-state index contributed by atoms with van der Waals surface area (Å²) in [6, 6.07) is 12.3. The Balaban J connectivity index is 2.11. The van der Waals surface area contributed by atoms with Gasteiger partial charge in [0.1, 0.15) is 5.82 Å². The van der Waals surface area contributed by atoms with Crippen LogP contribution in [0.4, 0.5) is 13.2 Å². The molecule has 0 spiro atoms. The van der Waals surface area contributed by atoms with Crippen molar-refractivity contribution in [2.45, 2.75) is 13.1 Å². The minimum atomic E-state index is -4.40. The highest BCUT2D eigenvalue weighted by molar-refractivity contribution is 5.73. The van der Waals surface area contributed by atoms with E-state index in [2.05, 4.69) is 15.2 Å². The van der Waals surface area contributed by atoms with E-state index >= 15 is 0 Å². The molecule has 0 fully saturated rings. The summed E-state index contributed by atoms with van der Waals surface area (Å²) >= 11 is 0. The highest BCUT2D eigenvalue weighted by Crippen LogP contribution is 2.37. The van der Waals surface area contributed by atoms with Crippen LogP contribution in [0.3, 0.4) is 0 Å². The van der Waals surface area contributed by atoms with Gasteiger partial charge < -0.3 is 0 Å². The van der Waals surface area contributed by atoms with Crippen LogP contribution in [0, 0.1) is 6.92 Å². The highest BCUT2D eigenvalue weighted by atomic mass is 19.4. The van der Waals surface area contributed by atoms with Crippen molar-refractivity contribution in [3.8, 4) is 22.5 Å². The number of rotatable bonds is 2. The zero-order chi connectivity index (χ0) is 15.7. The first-order valence-corrected chi connectivity index (χ1v) is 6.61. The molecule has 3 aromatic rings. The summed E-state index contributed by atoms with van der Waals surface area (Å²) < 4.78 is 39.4. The van der Waals surface area contributed by atoms with Gasteiger partial charge in [-0.3, -0.25) is 5.10 Å². The molecule has 0 saturated carbocycles. The molecule has 0 aliphatic rings. The van der Waals surface area contributed by atoms with Crippen molar-refractivity contribution in [1.29, 1.82) is 0 Å². The largest absolute Gasteiger partial charge is 0.417 e. The predicted molar refractivity (Wildman–Crippen MR) is 77.0 cm³/mol. The van der Waals surface area contributed by atoms with Crippen molar-refractivity contribution in [2.75, 3.05) is 0 Å². The molecule has 0 atom stereocenters. The fourth-order valence-corrected chi connectivity index (χ4v) is 2.28. The van der Waals surface area contributed by atoms with Gasteiger partial charge in [0.2, 0.25) is 0 Å². The first kappa shape index (κ1) is 14.3. The highest BCUT2D eigenvalue weighted by Gasteiger charge is 2.33. The molecule has 6 heteroatoms. The Hall–Kier alpha value is -2.63.